The van der Waals surface area contributed by atoms with Crippen molar-refractivity contribution >= 4 is 28.3 Å². The van der Waals surface area contributed by atoms with Crippen molar-refractivity contribution in [2.75, 3.05) is 0 Å². The number of alkyl halides is 1. The number of benzene rings is 1. The van der Waals surface area contributed by atoms with Gasteiger partial charge in [0.05, 0.1) is 10.6 Å². The van der Waals surface area contributed by atoms with Crippen molar-refractivity contribution in [1.82, 2.24) is 9.88 Å². The second kappa shape index (κ2) is 8.85. The molecule has 0 bridgehead atoms. The van der Waals surface area contributed by atoms with E-state index in [9.17, 15) is 19.1 Å². The molecule has 1 aromatic heterocycles. The Morgan fingerprint density at radius 3 is 2.52 bits per heavy atom. The van der Waals surface area contributed by atoms with Crippen LogP contribution in [0.25, 0.3) is 10.8 Å². The van der Waals surface area contributed by atoms with Crippen LogP contribution in [-0.2, 0) is 6.54 Å². The van der Waals surface area contributed by atoms with Gasteiger partial charge in [-0.3, -0.25) is 9.59 Å². The average Bonchev–Trinajstić information content (AvgIpc) is 2.66. The normalized spacial score (nSPS) is 22.1. The predicted molar refractivity (Wildman–Crippen MR) is 106 cm³/mol. The lowest BCUT2D eigenvalue weighted by molar-refractivity contribution is -0.0369. The standard InChI is InChI=1S/C18H20ClFN2O3.C2H6/c1-2-22-10-7-12-13(17(22)24)3-4-14(19)15(12)16(23)21-18(25)8-5-11(20)6-9-18;1-2/h3-4,7,10-11,25H,2,5-6,8-9H2,1H3,(H,21,23);1-2H3. The van der Waals surface area contributed by atoms with Crippen LogP contribution in [-0.4, -0.2) is 27.5 Å². The first-order chi connectivity index (χ1) is 12.8. The van der Waals surface area contributed by atoms with Gasteiger partial charge in [0.1, 0.15) is 11.9 Å². The van der Waals surface area contributed by atoms with Gasteiger partial charge >= 0.3 is 0 Å². The largest absolute Gasteiger partial charge is 0.371 e. The smallest absolute Gasteiger partial charge is 0.258 e. The quantitative estimate of drug-likeness (QED) is 0.769. The highest BCUT2D eigenvalue weighted by atomic mass is 35.5. The zero-order valence-electron chi connectivity index (χ0n) is 15.9. The van der Waals surface area contributed by atoms with Crippen molar-refractivity contribution in [3.05, 3.63) is 45.3 Å². The number of fused-ring (bicyclic) bond motifs is 1. The van der Waals surface area contributed by atoms with Crippen LogP contribution in [0.4, 0.5) is 4.39 Å². The Kier molecular flexibility index (Phi) is 7.00. The number of aryl methyl sites for hydroxylation is 1. The van der Waals surface area contributed by atoms with Gasteiger partial charge < -0.3 is 15.0 Å². The molecule has 1 aliphatic rings. The molecule has 0 radical (unpaired) electrons. The van der Waals surface area contributed by atoms with Crippen molar-refractivity contribution in [1.29, 1.82) is 0 Å². The van der Waals surface area contributed by atoms with E-state index in [4.69, 9.17) is 11.6 Å². The Balaban J connectivity index is 0.00000126. The molecular formula is C20H26ClFN2O3. The summed E-state index contributed by atoms with van der Waals surface area (Å²) in [7, 11) is 0. The van der Waals surface area contributed by atoms with Crippen molar-refractivity contribution < 1.29 is 14.3 Å². The van der Waals surface area contributed by atoms with Crippen molar-refractivity contribution in [2.45, 2.75) is 64.9 Å². The zero-order valence-corrected chi connectivity index (χ0v) is 16.6. The Bertz CT molecular complexity index is 873. The monoisotopic (exact) mass is 396 g/mol. The molecule has 1 aromatic carbocycles. The number of aliphatic hydroxyl groups is 1. The maximum Gasteiger partial charge on any atom is 0.258 e. The van der Waals surface area contributed by atoms with Gasteiger partial charge in [-0.15, -0.1) is 0 Å². The van der Waals surface area contributed by atoms with Crippen molar-refractivity contribution in [2.24, 2.45) is 0 Å². The number of pyridine rings is 1. The van der Waals surface area contributed by atoms with E-state index in [0.717, 1.165) is 0 Å². The molecule has 1 saturated carbocycles. The molecule has 5 nitrogen and oxygen atoms in total. The summed E-state index contributed by atoms with van der Waals surface area (Å²) in [5, 5.41) is 14.1. The average molecular weight is 397 g/mol. The molecule has 1 fully saturated rings. The van der Waals surface area contributed by atoms with Crippen LogP contribution in [0.1, 0.15) is 56.8 Å². The van der Waals surface area contributed by atoms with Crippen LogP contribution < -0.4 is 10.9 Å². The predicted octanol–water partition coefficient (Wildman–Crippen LogP) is 4.03. The fraction of sp³-hybridized carbons (Fsp3) is 0.500. The lowest BCUT2D eigenvalue weighted by Gasteiger charge is -2.34. The molecular weight excluding hydrogens is 371 g/mol. The molecule has 1 aliphatic carbocycles. The zero-order chi connectivity index (χ0) is 20.2. The summed E-state index contributed by atoms with van der Waals surface area (Å²) in [6, 6.07) is 4.76. The number of rotatable bonds is 3. The van der Waals surface area contributed by atoms with Gasteiger partial charge in [-0.2, -0.15) is 0 Å². The highest BCUT2D eigenvalue weighted by Gasteiger charge is 2.35. The Morgan fingerprint density at radius 1 is 1.30 bits per heavy atom. The van der Waals surface area contributed by atoms with E-state index in [1.807, 2.05) is 20.8 Å². The maximum absolute atomic E-state index is 13.3. The van der Waals surface area contributed by atoms with Crippen molar-refractivity contribution in [3.8, 4) is 0 Å². The molecule has 7 heteroatoms. The van der Waals surface area contributed by atoms with Gasteiger partial charge in [-0.1, -0.05) is 25.4 Å². The van der Waals surface area contributed by atoms with Gasteiger partial charge in [-0.25, -0.2) is 4.39 Å². The molecule has 0 aliphatic heterocycles. The van der Waals surface area contributed by atoms with Crippen LogP contribution in [0.15, 0.2) is 29.2 Å². The topological polar surface area (TPSA) is 71.3 Å². The molecule has 3 rings (SSSR count). The van der Waals surface area contributed by atoms with Crippen LogP contribution >= 0.6 is 11.6 Å². The summed E-state index contributed by atoms with van der Waals surface area (Å²) in [6.45, 7) is 6.37. The third kappa shape index (κ3) is 4.50. The first-order valence-corrected chi connectivity index (χ1v) is 9.73. The first kappa shape index (κ1) is 21.4. The van der Waals surface area contributed by atoms with Crippen LogP contribution in [0, 0.1) is 0 Å². The number of hydrogen-bond acceptors (Lipinski definition) is 3. The summed E-state index contributed by atoms with van der Waals surface area (Å²) in [6.07, 6.45) is 1.34. The Hall–Kier alpha value is -1.92. The number of aromatic nitrogens is 1. The lowest BCUT2D eigenvalue weighted by atomic mass is 9.90. The van der Waals surface area contributed by atoms with Crippen molar-refractivity contribution in [3.63, 3.8) is 0 Å². The number of nitrogens with one attached hydrogen (secondary N) is 1. The number of carbonyl (C=O) groups is 1. The molecule has 0 saturated heterocycles. The van der Waals surface area contributed by atoms with Gasteiger partial charge in [0.15, 0.2) is 0 Å². The van der Waals surface area contributed by atoms with Gasteiger partial charge in [0.2, 0.25) is 0 Å². The molecule has 148 valence electrons. The SMILES string of the molecule is CC.CCn1ccc2c(C(=O)NC3(O)CCC(F)CC3)c(Cl)ccc2c1=O. The molecule has 0 unspecified atom stereocenters. The fourth-order valence-electron chi connectivity index (χ4n) is 3.28. The highest BCUT2D eigenvalue weighted by Crippen LogP contribution is 2.30. The van der Waals surface area contributed by atoms with Crippen LogP contribution in [0.3, 0.4) is 0 Å². The van der Waals surface area contributed by atoms with E-state index in [1.54, 1.807) is 18.3 Å². The van der Waals surface area contributed by atoms with E-state index in [0.29, 0.717) is 17.3 Å². The number of hydrogen-bond donors (Lipinski definition) is 2. The first-order valence-electron chi connectivity index (χ1n) is 9.35. The van der Waals surface area contributed by atoms with E-state index in [-0.39, 0.29) is 41.8 Å². The van der Waals surface area contributed by atoms with Gasteiger partial charge in [0.25, 0.3) is 11.5 Å². The van der Waals surface area contributed by atoms with Gasteiger partial charge in [-0.05, 0) is 50.8 Å². The summed E-state index contributed by atoms with van der Waals surface area (Å²) in [5.41, 5.74) is -1.51. The third-order valence-electron chi connectivity index (χ3n) is 4.76. The number of amides is 1. The Morgan fingerprint density at radius 2 is 1.93 bits per heavy atom. The minimum atomic E-state index is -1.45. The minimum absolute atomic E-state index is 0.144. The summed E-state index contributed by atoms with van der Waals surface area (Å²) in [4.78, 5) is 25.2. The van der Waals surface area contributed by atoms with E-state index in [2.05, 4.69) is 5.32 Å². The number of carbonyl (C=O) groups excluding carboxylic acids is 1. The molecule has 27 heavy (non-hydrogen) atoms. The minimum Gasteiger partial charge on any atom is -0.371 e. The van der Waals surface area contributed by atoms with Crippen LogP contribution in [0.5, 0.6) is 0 Å². The summed E-state index contributed by atoms with van der Waals surface area (Å²) < 4.78 is 14.8. The summed E-state index contributed by atoms with van der Waals surface area (Å²) >= 11 is 6.20. The number of nitrogens with zero attached hydrogens (tertiary/aromatic N) is 1. The maximum atomic E-state index is 13.3. The van der Waals surface area contributed by atoms with E-state index >= 15 is 0 Å². The summed E-state index contributed by atoms with van der Waals surface area (Å²) in [5.74, 6) is -0.566. The molecule has 1 heterocycles. The Labute approximate surface area is 163 Å². The third-order valence-corrected chi connectivity index (χ3v) is 5.08. The molecule has 1 amide bonds. The van der Waals surface area contributed by atoms with Gasteiger partial charge in [0, 0.05) is 23.5 Å². The number of halogens is 2. The second-order valence-electron chi connectivity index (χ2n) is 6.45. The van der Waals surface area contributed by atoms with E-state index in [1.165, 1.54) is 10.6 Å². The molecule has 0 atom stereocenters. The molecule has 0 spiro atoms. The van der Waals surface area contributed by atoms with E-state index < -0.39 is 17.8 Å². The highest BCUT2D eigenvalue weighted by molar-refractivity contribution is 6.35. The lowest BCUT2D eigenvalue weighted by Crippen LogP contribution is -2.51. The molecule has 2 N–H and O–H groups in total. The van der Waals surface area contributed by atoms with Crippen LogP contribution in [0.2, 0.25) is 5.02 Å². The molecule has 2 aromatic rings. The second-order valence-corrected chi connectivity index (χ2v) is 6.86. The fourth-order valence-corrected chi connectivity index (χ4v) is 3.53.